The Morgan fingerprint density at radius 2 is 1.30 bits per heavy atom. The van der Waals surface area contributed by atoms with Gasteiger partial charge in [0.2, 0.25) is 0 Å². The van der Waals surface area contributed by atoms with Crippen molar-refractivity contribution in [2.24, 2.45) is 5.92 Å². The van der Waals surface area contributed by atoms with Crippen molar-refractivity contribution in [3.8, 4) is 11.1 Å². The summed E-state index contributed by atoms with van der Waals surface area (Å²) < 4.78 is 14.9. The molecule has 0 bridgehead atoms. The first-order chi connectivity index (χ1) is 14.6. The van der Waals surface area contributed by atoms with Gasteiger partial charge in [-0.05, 0) is 77.8 Å². The fourth-order valence-corrected chi connectivity index (χ4v) is 4.69. The molecule has 0 unspecified atom stereocenters. The number of benzene rings is 3. The first-order valence-corrected chi connectivity index (χ1v) is 11.6. The molecule has 0 radical (unpaired) electrons. The maximum absolute atomic E-state index is 14.9. The molecule has 0 amide bonds. The first-order valence-electron chi connectivity index (χ1n) is 11.6. The van der Waals surface area contributed by atoms with Gasteiger partial charge in [0.1, 0.15) is 5.82 Å². The summed E-state index contributed by atoms with van der Waals surface area (Å²) in [6, 6.07) is 23.2. The van der Waals surface area contributed by atoms with E-state index in [0.29, 0.717) is 11.5 Å². The Morgan fingerprint density at radius 3 is 1.87 bits per heavy atom. The standard InChI is InChI=1S/C29H33F/c1-3-22-6-8-23(9-7-22)10-11-24-12-16-26(17-13-24)28-19-18-27(20-29(28)30)25-14-4-21(2)5-15-25/h6-9,12-13,16-21,25H,3-5,10-11,14-15H2,1-2H3. The van der Waals surface area contributed by atoms with Crippen LogP contribution in [0.5, 0.6) is 0 Å². The second-order valence-corrected chi connectivity index (χ2v) is 9.06. The minimum Gasteiger partial charge on any atom is -0.206 e. The van der Waals surface area contributed by atoms with Gasteiger partial charge < -0.3 is 0 Å². The average molecular weight is 401 g/mol. The summed E-state index contributed by atoms with van der Waals surface area (Å²) in [5, 5.41) is 0. The average Bonchev–Trinajstić information content (AvgIpc) is 2.79. The SMILES string of the molecule is CCc1ccc(CCc2ccc(-c3ccc(C4CCC(C)CC4)cc3F)cc2)cc1. The third-order valence-electron chi connectivity index (χ3n) is 6.88. The van der Waals surface area contributed by atoms with E-state index in [1.54, 1.807) is 6.07 Å². The van der Waals surface area contributed by atoms with Gasteiger partial charge in [0.05, 0.1) is 0 Å². The molecule has 0 heterocycles. The van der Waals surface area contributed by atoms with Crippen LogP contribution in [0, 0.1) is 11.7 Å². The predicted octanol–water partition coefficient (Wildman–Crippen LogP) is 8.13. The lowest BCUT2D eigenvalue weighted by atomic mass is 9.79. The van der Waals surface area contributed by atoms with E-state index < -0.39 is 0 Å². The van der Waals surface area contributed by atoms with Gasteiger partial charge in [-0.3, -0.25) is 0 Å². The van der Waals surface area contributed by atoms with Crippen LogP contribution in [0.2, 0.25) is 0 Å². The van der Waals surface area contributed by atoms with E-state index in [0.717, 1.165) is 30.7 Å². The van der Waals surface area contributed by atoms with Crippen LogP contribution in [-0.2, 0) is 19.3 Å². The highest BCUT2D eigenvalue weighted by atomic mass is 19.1. The predicted molar refractivity (Wildman–Crippen MR) is 125 cm³/mol. The summed E-state index contributed by atoms with van der Waals surface area (Å²) >= 11 is 0. The Hall–Kier alpha value is -2.41. The molecule has 30 heavy (non-hydrogen) atoms. The van der Waals surface area contributed by atoms with Crippen LogP contribution in [-0.4, -0.2) is 0 Å². The Kier molecular flexibility index (Phi) is 6.67. The lowest BCUT2D eigenvalue weighted by Crippen LogP contribution is -2.11. The molecule has 0 spiro atoms. The second kappa shape index (κ2) is 9.60. The molecule has 0 aromatic heterocycles. The molecule has 156 valence electrons. The highest BCUT2D eigenvalue weighted by molar-refractivity contribution is 5.65. The van der Waals surface area contributed by atoms with E-state index in [1.165, 1.54) is 47.9 Å². The molecule has 3 aromatic carbocycles. The Morgan fingerprint density at radius 1 is 0.733 bits per heavy atom. The molecule has 3 aromatic rings. The minimum absolute atomic E-state index is 0.0881. The second-order valence-electron chi connectivity index (χ2n) is 9.06. The van der Waals surface area contributed by atoms with Crippen molar-refractivity contribution in [2.45, 2.75) is 64.7 Å². The van der Waals surface area contributed by atoms with Crippen molar-refractivity contribution in [3.05, 3.63) is 94.8 Å². The zero-order chi connectivity index (χ0) is 20.9. The van der Waals surface area contributed by atoms with E-state index >= 15 is 0 Å². The summed E-state index contributed by atoms with van der Waals surface area (Å²) in [5.74, 6) is 1.26. The van der Waals surface area contributed by atoms with Crippen LogP contribution >= 0.6 is 0 Å². The summed E-state index contributed by atoms with van der Waals surface area (Å²) in [5.41, 5.74) is 6.90. The fraction of sp³-hybridized carbons (Fsp3) is 0.379. The number of halogens is 1. The number of rotatable bonds is 6. The van der Waals surface area contributed by atoms with Gasteiger partial charge in [-0.15, -0.1) is 0 Å². The van der Waals surface area contributed by atoms with Crippen molar-refractivity contribution >= 4 is 0 Å². The van der Waals surface area contributed by atoms with E-state index in [-0.39, 0.29) is 5.82 Å². The van der Waals surface area contributed by atoms with Crippen LogP contribution in [0.3, 0.4) is 0 Å². The van der Waals surface area contributed by atoms with Crippen molar-refractivity contribution in [3.63, 3.8) is 0 Å². The van der Waals surface area contributed by atoms with Crippen molar-refractivity contribution in [1.82, 2.24) is 0 Å². The summed E-state index contributed by atoms with van der Waals surface area (Å²) in [6.07, 6.45) is 8.03. The lowest BCUT2D eigenvalue weighted by molar-refractivity contribution is 0.347. The number of hydrogen-bond acceptors (Lipinski definition) is 0. The fourth-order valence-electron chi connectivity index (χ4n) is 4.69. The van der Waals surface area contributed by atoms with Crippen molar-refractivity contribution in [1.29, 1.82) is 0 Å². The summed E-state index contributed by atoms with van der Waals surface area (Å²) in [7, 11) is 0. The number of aryl methyl sites for hydroxylation is 3. The first kappa shape index (κ1) is 20.8. The zero-order valence-electron chi connectivity index (χ0n) is 18.3. The van der Waals surface area contributed by atoms with Gasteiger partial charge in [-0.2, -0.15) is 0 Å². The van der Waals surface area contributed by atoms with Crippen LogP contribution in [0.4, 0.5) is 4.39 Å². The van der Waals surface area contributed by atoms with Gasteiger partial charge in [0, 0.05) is 5.56 Å². The molecule has 1 aliphatic carbocycles. The molecule has 4 rings (SSSR count). The van der Waals surface area contributed by atoms with E-state index in [4.69, 9.17) is 0 Å². The Labute approximate surface area is 181 Å². The maximum atomic E-state index is 14.9. The largest absolute Gasteiger partial charge is 0.206 e. The molecule has 0 atom stereocenters. The highest BCUT2D eigenvalue weighted by Gasteiger charge is 2.20. The Bertz CT molecular complexity index is 945. The molecule has 0 aliphatic heterocycles. The van der Waals surface area contributed by atoms with Gasteiger partial charge in [0.25, 0.3) is 0 Å². The third kappa shape index (κ3) is 5.01. The quantitative estimate of drug-likeness (QED) is 0.392. The normalized spacial score (nSPS) is 19.0. The van der Waals surface area contributed by atoms with Crippen LogP contribution < -0.4 is 0 Å². The monoisotopic (exact) mass is 400 g/mol. The summed E-state index contributed by atoms with van der Waals surface area (Å²) in [6.45, 7) is 4.51. The molecule has 0 N–H and O–H groups in total. The topological polar surface area (TPSA) is 0 Å². The van der Waals surface area contributed by atoms with E-state index in [9.17, 15) is 4.39 Å². The lowest BCUT2D eigenvalue weighted by Gasteiger charge is -2.26. The maximum Gasteiger partial charge on any atom is 0.131 e. The molecule has 1 aliphatic rings. The van der Waals surface area contributed by atoms with E-state index in [1.807, 2.05) is 6.07 Å². The van der Waals surface area contributed by atoms with Crippen molar-refractivity contribution < 1.29 is 4.39 Å². The van der Waals surface area contributed by atoms with Crippen LogP contribution in [0.15, 0.2) is 66.7 Å². The molecular formula is C29H33F. The smallest absolute Gasteiger partial charge is 0.131 e. The van der Waals surface area contributed by atoms with Gasteiger partial charge in [0.15, 0.2) is 0 Å². The number of hydrogen-bond donors (Lipinski definition) is 0. The minimum atomic E-state index is -0.0881. The third-order valence-corrected chi connectivity index (χ3v) is 6.88. The molecule has 1 fully saturated rings. The van der Waals surface area contributed by atoms with E-state index in [2.05, 4.69) is 68.4 Å². The van der Waals surface area contributed by atoms with Crippen LogP contribution in [0.1, 0.15) is 67.7 Å². The van der Waals surface area contributed by atoms with Gasteiger partial charge in [-0.25, -0.2) is 4.39 Å². The zero-order valence-corrected chi connectivity index (χ0v) is 18.3. The van der Waals surface area contributed by atoms with Crippen LogP contribution in [0.25, 0.3) is 11.1 Å². The van der Waals surface area contributed by atoms with Gasteiger partial charge >= 0.3 is 0 Å². The molecule has 0 nitrogen and oxygen atoms in total. The molecule has 0 saturated heterocycles. The molecular weight excluding hydrogens is 367 g/mol. The molecule has 1 heteroatoms. The van der Waals surface area contributed by atoms with Crippen molar-refractivity contribution in [2.75, 3.05) is 0 Å². The Balaban J connectivity index is 1.40. The molecule has 1 saturated carbocycles. The van der Waals surface area contributed by atoms with Gasteiger partial charge in [-0.1, -0.05) is 87.4 Å². The summed E-state index contributed by atoms with van der Waals surface area (Å²) in [4.78, 5) is 0. The highest BCUT2D eigenvalue weighted by Crippen LogP contribution is 2.37.